The lowest BCUT2D eigenvalue weighted by molar-refractivity contribution is 0.482. The topological polar surface area (TPSA) is 108 Å². The molecule has 0 amide bonds. The van der Waals surface area contributed by atoms with Crippen LogP contribution in [0.15, 0.2) is 0 Å². The molecule has 0 saturated heterocycles. The molecular formula is C7H18N4O2S. The van der Waals surface area contributed by atoms with Crippen LogP contribution in [-0.4, -0.2) is 25.8 Å². The number of rotatable bonds is 4. The van der Waals surface area contributed by atoms with Crippen LogP contribution in [0.1, 0.15) is 27.7 Å². The summed E-state index contributed by atoms with van der Waals surface area (Å²) in [5.74, 6) is -0.218. The number of amidine groups is 1. The quantitative estimate of drug-likeness (QED) is 0.381. The van der Waals surface area contributed by atoms with Crippen LogP contribution in [0.3, 0.4) is 0 Å². The van der Waals surface area contributed by atoms with Gasteiger partial charge in [-0.3, -0.25) is 5.41 Å². The average Bonchev–Trinajstić information content (AvgIpc) is 1.78. The van der Waals surface area contributed by atoms with Gasteiger partial charge in [0.1, 0.15) is 5.84 Å². The van der Waals surface area contributed by atoms with Gasteiger partial charge < -0.3 is 5.73 Å². The molecule has 1 unspecified atom stereocenters. The predicted molar refractivity (Wildman–Crippen MR) is 56.3 cm³/mol. The second-order valence-corrected chi connectivity index (χ2v) is 5.60. The second-order valence-electron chi connectivity index (χ2n) is 4.15. The monoisotopic (exact) mass is 222 g/mol. The van der Waals surface area contributed by atoms with Crippen LogP contribution in [0.5, 0.6) is 0 Å². The maximum atomic E-state index is 11.4. The van der Waals surface area contributed by atoms with Crippen molar-refractivity contribution >= 4 is 16.0 Å². The third-order valence-electron chi connectivity index (χ3n) is 1.24. The number of hydrogen-bond donors (Lipinski definition) is 4. The molecular weight excluding hydrogens is 204 g/mol. The van der Waals surface area contributed by atoms with Gasteiger partial charge in [-0.15, -0.1) is 0 Å². The zero-order valence-electron chi connectivity index (χ0n) is 8.88. The van der Waals surface area contributed by atoms with Gasteiger partial charge in [0.2, 0.25) is 0 Å². The first-order chi connectivity index (χ1) is 6.03. The molecule has 0 aliphatic carbocycles. The Kier molecular flexibility index (Phi) is 4.04. The molecule has 0 rings (SSSR count). The van der Waals surface area contributed by atoms with E-state index in [1.165, 1.54) is 6.92 Å². The van der Waals surface area contributed by atoms with Crippen molar-refractivity contribution in [2.45, 2.75) is 39.3 Å². The van der Waals surface area contributed by atoms with Crippen LogP contribution in [-0.2, 0) is 10.2 Å². The first-order valence-electron chi connectivity index (χ1n) is 4.18. The Hall–Kier alpha value is -0.660. The molecule has 0 aromatic rings. The van der Waals surface area contributed by atoms with E-state index in [4.69, 9.17) is 11.1 Å². The standard InChI is InChI=1S/C7H18N4O2S/c1-5(6(8)9)10-14(12,13)11-7(2,3)4/h5,10-11H,1-4H3,(H3,8,9). The van der Waals surface area contributed by atoms with Gasteiger partial charge in [0, 0.05) is 5.54 Å². The summed E-state index contributed by atoms with van der Waals surface area (Å²) in [4.78, 5) is 0. The van der Waals surface area contributed by atoms with Crippen molar-refractivity contribution in [3.8, 4) is 0 Å². The summed E-state index contributed by atoms with van der Waals surface area (Å²) in [6.45, 7) is 6.68. The minimum Gasteiger partial charge on any atom is -0.386 e. The summed E-state index contributed by atoms with van der Waals surface area (Å²) in [5, 5.41) is 7.03. The Morgan fingerprint density at radius 1 is 1.43 bits per heavy atom. The number of hydrogen-bond acceptors (Lipinski definition) is 3. The van der Waals surface area contributed by atoms with Crippen molar-refractivity contribution in [3.05, 3.63) is 0 Å². The summed E-state index contributed by atoms with van der Waals surface area (Å²) in [6, 6.07) is -0.699. The molecule has 7 heteroatoms. The van der Waals surface area contributed by atoms with Crippen LogP contribution in [0.4, 0.5) is 0 Å². The third-order valence-corrected chi connectivity index (χ3v) is 2.78. The summed E-state index contributed by atoms with van der Waals surface area (Å²) in [6.07, 6.45) is 0. The van der Waals surface area contributed by atoms with E-state index < -0.39 is 21.8 Å². The smallest absolute Gasteiger partial charge is 0.278 e. The van der Waals surface area contributed by atoms with Gasteiger partial charge in [-0.25, -0.2) is 0 Å². The number of nitrogens with one attached hydrogen (secondary N) is 3. The van der Waals surface area contributed by atoms with E-state index in [1.54, 1.807) is 20.8 Å². The predicted octanol–water partition coefficient (Wildman–Crippen LogP) is -0.467. The molecule has 0 aromatic heterocycles. The van der Waals surface area contributed by atoms with Crippen molar-refractivity contribution in [1.82, 2.24) is 9.44 Å². The van der Waals surface area contributed by atoms with Crippen molar-refractivity contribution in [3.63, 3.8) is 0 Å². The summed E-state index contributed by atoms with van der Waals surface area (Å²) in [5.41, 5.74) is 4.58. The Bertz CT molecular complexity index is 304. The first-order valence-corrected chi connectivity index (χ1v) is 5.67. The van der Waals surface area contributed by atoms with Gasteiger partial charge in [0.25, 0.3) is 10.2 Å². The van der Waals surface area contributed by atoms with E-state index in [0.29, 0.717) is 0 Å². The zero-order valence-corrected chi connectivity index (χ0v) is 9.70. The molecule has 84 valence electrons. The van der Waals surface area contributed by atoms with Gasteiger partial charge in [-0.1, -0.05) is 0 Å². The van der Waals surface area contributed by atoms with Gasteiger partial charge in [0.15, 0.2) is 0 Å². The van der Waals surface area contributed by atoms with Gasteiger partial charge in [0.05, 0.1) is 6.04 Å². The second kappa shape index (κ2) is 4.24. The molecule has 0 radical (unpaired) electrons. The van der Waals surface area contributed by atoms with E-state index in [9.17, 15) is 8.42 Å². The number of nitrogens with two attached hydrogens (primary N) is 1. The fraction of sp³-hybridized carbons (Fsp3) is 0.857. The highest BCUT2D eigenvalue weighted by Gasteiger charge is 2.22. The first kappa shape index (κ1) is 13.3. The molecule has 1 atom stereocenters. The van der Waals surface area contributed by atoms with Crippen LogP contribution in [0.25, 0.3) is 0 Å². The van der Waals surface area contributed by atoms with Crippen molar-refractivity contribution in [1.29, 1.82) is 5.41 Å². The van der Waals surface area contributed by atoms with Crippen molar-refractivity contribution in [2.75, 3.05) is 0 Å². The van der Waals surface area contributed by atoms with Gasteiger partial charge in [-0.2, -0.15) is 17.9 Å². The fourth-order valence-corrected chi connectivity index (χ4v) is 2.19. The van der Waals surface area contributed by atoms with E-state index in [1.807, 2.05) is 0 Å². The lowest BCUT2D eigenvalue weighted by atomic mass is 10.1. The largest absolute Gasteiger partial charge is 0.386 e. The Balaban J connectivity index is 4.45. The summed E-state index contributed by atoms with van der Waals surface area (Å²) >= 11 is 0. The highest BCUT2D eigenvalue weighted by Crippen LogP contribution is 2.00. The third kappa shape index (κ3) is 5.90. The minimum absolute atomic E-state index is 0.218. The Labute approximate surface area is 85.0 Å². The summed E-state index contributed by atoms with van der Waals surface area (Å²) < 4.78 is 27.4. The molecule has 0 saturated carbocycles. The minimum atomic E-state index is -3.60. The molecule has 5 N–H and O–H groups in total. The van der Waals surface area contributed by atoms with Gasteiger partial charge in [-0.05, 0) is 27.7 Å². The molecule has 0 aromatic carbocycles. The average molecular weight is 222 g/mol. The summed E-state index contributed by atoms with van der Waals surface area (Å²) in [7, 11) is -3.60. The van der Waals surface area contributed by atoms with Crippen LogP contribution < -0.4 is 15.2 Å². The molecule has 0 spiro atoms. The van der Waals surface area contributed by atoms with Crippen molar-refractivity contribution < 1.29 is 8.42 Å². The molecule has 0 fully saturated rings. The normalized spacial score (nSPS) is 15.1. The van der Waals surface area contributed by atoms with E-state index >= 15 is 0 Å². The highest BCUT2D eigenvalue weighted by atomic mass is 32.2. The Morgan fingerprint density at radius 2 is 1.86 bits per heavy atom. The fourth-order valence-electron chi connectivity index (χ4n) is 0.729. The maximum Gasteiger partial charge on any atom is 0.278 e. The van der Waals surface area contributed by atoms with Gasteiger partial charge >= 0.3 is 0 Å². The molecule has 0 bridgehead atoms. The van der Waals surface area contributed by atoms with Crippen molar-refractivity contribution in [2.24, 2.45) is 5.73 Å². The van der Waals surface area contributed by atoms with Crippen LogP contribution in [0.2, 0.25) is 0 Å². The zero-order chi connectivity index (χ0) is 11.6. The van der Waals surface area contributed by atoms with E-state index in [2.05, 4.69) is 9.44 Å². The molecule has 14 heavy (non-hydrogen) atoms. The molecule has 6 nitrogen and oxygen atoms in total. The molecule has 0 heterocycles. The van der Waals surface area contributed by atoms with Crippen LogP contribution in [0, 0.1) is 5.41 Å². The lowest BCUT2D eigenvalue weighted by Crippen LogP contribution is -2.52. The molecule has 0 aliphatic rings. The highest BCUT2D eigenvalue weighted by molar-refractivity contribution is 7.87. The van der Waals surface area contributed by atoms with E-state index in [0.717, 1.165) is 0 Å². The Morgan fingerprint density at radius 3 is 2.14 bits per heavy atom. The maximum absolute atomic E-state index is 11.4. The molecule has 0 aliphatic heterocycles. The SMILES string of the molecule is CC(NS(=O)(=O)NC(C)(C)C)C(=N)N. The van der Waals surface area contributed by atoms with E-state index in [-0.39, 0.29) is 5.84 Å². The van der Waals surface area contributed by atoms with Crippen LogP contribution >= 0.6 is 0 Å². The lowest BCUT2D eigenvalue weighted by Gasteiger charge is -2.22.